The smallest absolute Gasteiger partial charge is 0.274 e. The number of carbonyl (C=O) groups is 3. The summed E-state index contributed by atoms with van der Waals surface area (Å²) in [4.78, 5) is 67.6. The van der Waals surface area contributed by atoms with Crippen molar-refractivity contribution in [3.8, 4) is 5.75 Å². The molecular formula is C42H55N7O6Si. The summed E-state index contributed by atoms with van der Waals surface area (Å²) in [5.41, 5.74) is 2.28. The second-order valence-corrected chi connectivity index (χ2v) is 22.7. The van der Waals surface area contributed by atoms with Crippen molar-refractivity contribution < 1.29 is 23.9 Å². The summed E-state index contributed by atoms with van der Waals surface area (Å²) in [6.45, 7) is 12.7. The average molecular weight is 782 g/mol. The van der Waals surface area contributed by atoms with E-state index in [1.165, 1.54) is 6.07 Å². The Labute approximate surface area is 329 Å². The van der Waals surface area contributed by atoms with Crippen molar-refractivity contribution in [3.05, 3.63) is 87.2 Å². The average Bonchev–Trinajstić information content (AvgIpc) is 3.96. The van der Waals surface area contributed by atoms with Gasteiger partial charge in [-0.1, -0.05) is 69.2 Å². The maximum absolute atomic E-state index is 14.4. The number of fused-ring (bicyclic) bond motifs is 2. The second-order valence-electron chi connectivity index (χ2n) is 17.1. The van der Waals surface area contributed by atoms with Gasteiger partial charge in [0.05, 0.1) is 24.0 Å². The molecule has 2 fully saturated rings. The van der Waals surface area contributed by atoms with Crippen LogP contribution in [0.25, 0.3) is 11.2 Å². The van der Waals surface area contributed by atoms with Crippen molar-refractivity contribution in [3.63, 3.8) is 0 Å². The summed E-state index contributed by atoms with van der Waals surface area (Å²) in [6.07, 6.45) is 9.08. The molecule has 1 aliphatic heterocycles. The highest BCUT2D eigenvalue weighted by Gasteiger charge is 2.42. The zero-order chi connectivity index (χ0) is 39.6. The lowest BCUT2D eigenvalue weighted by atomic mass is 9.80. The van der Waals surface area contributed by atoms with Crippen LogP contribution in [0.4, 0.5) is 0 Å². The fraction of sp³-hybridized carbons (Fsp3) is 0.524. The Bertz CT molecular complexity index is 2150. The number of nitrogens with zero attached hydrogens (tertiary/aromatic N) is 5. The number of ether oxygens (including phenoxy) is 2. The third-order valence-electron chi connectivity index (χ3n) is 11.2. The Hall–Kier alpha value is -4.82. The van der Waals surface area contributed by atoms with E-state index in [9.17, 15) is 19.2 Å². The van der Waals surface area contributed by atoms with Crippen LogP contribution < -0.4 is 20.8 Å². The van der Waals surface area contributed by atoms with E-state index < -0.39 is 19.0 Å². The van der Waals surface area contributed by atoms with Crippen LogP contribution in [0.5, 0.6) is 5.75 Å². The van der Waals surface area contributed by atoms with E-state index in [0.29, 0.717) is 60.9 Å². The Morgan fingerprint density at radius 2 is 1.79 bits per heavy atom. The minimum Gasteiger partial charge on any atom is -0.483 e. The van der Waals surface area contributed by atoms with Gasteiger partial charge in [-0.2, -0.15) is 0 Å². The molecule has 3 aromatic heterocycles. The lowest BCUT2D eigenvalue weighted by molar-refractivity contribution is -0.128. The van der Waals surface area contributed by atoms with Crippen LogP contribution in [0, 0.1) is 0 Å². The van der Waals surface area contributed by atoms with Gasteiger partial charge in [0.15, 0.2) is 17.1 Å². The van der Waals surface area contributed by atoms with Gasteiger partial charge in [0.2, 0.25) is 11.3 Å². The summed E-state index contributed by atoms with van der Waals surface area (Å²) in [7, 11) is -1.29. The van der Waals surface area contributed by atoms with Gasteiger partial charge in [-0.3, -0.25) is 19.2 Å². The molecule has 298 valence electrons. The quantitative estimate of drug-likeness (QED) is 0.111. The summed E-state index contributed by atoms with van der Waals surface area (Å²) in [5, 5.41) is 6.23. The maximum Gasteiger partial charge on any atom is 0.274 e. The monoisotopic (exact) mass is 781 g/mol. The van der Waals surface area contributed by atoms with Crippen molar-refractivity contribution in [1.29, 1.82) is 0 Å². The molecule has 0 atom stereocenters. The van der Waals surface area contributed by atoms with Crippen molar-refractivity contribution >= 4 is 37.0 Å². The van der Waals surface area contributed by atoms with E-state index in [4.69, 9.17) is 19.4 Å². The summed E-state index contributed by atoms with van der Waals surface area (Å²) in [6, 6.07) is 11.9. The van der Waals surface area contributed by atoms with Crippen molar-refractivity contribution in [2.45, 2.75) is 128 Å². The van der Waals surface area contributed by atoms with Gasteiger partial charge in [0.25, 0.3) is 11.8 Å². The molecule has 0 bridgehead atoms. The zero-order valence-electron chi connectivity index (χ0n) is 33.4. The number of nitrogens with one attached hydrogen (secondary N) is 2. The molecule has 0 unspecified atom stereocenters. The van der Waals surface area contributed by atoms with E-state index in [-0.39, 0.29) is 55.1 Å². The standard InChI is InChI=1S/C42H55N7O6Si/c1-28(2)48-18-19-49-31(22-34(50)37(36(49)40(48)52)55-26-29-12-8-6-9-13-29)23-44-41(53)42(16-10-7-11-17-42)46-39(51)32-25-47(27-54-20-21-56(3,4)5)38-35(32)45-33(24-43-38)30-14-15-30/h6,8-9,12-13,22,24-25,28,30H,7,10-11,14-21,23,26-27H2,1-5H3,(H,44,53)(H,46,51). The summed E-state index contributed by atoms with van der Waals surface area (Å²) < 4.78 is 15.8. The molecule has 0 saturated heterocycles. The second kappa shape index (κ2) is 16.3. The summed E-state index contributed by atoms with van der Waals surface area (Å²) >= 11 is 0. The van der Waals surface area contributed by atoms with E-state index in [2.05, 4.69) is 30.3 Å². The number of aromatic nitrogens is 4. The fourth-order valence-electron chi connectivity index (χ4n) is 7.74. The molecule has 4 aromatic rings. The molecule has 13 nitrogen and oxygen atoms in total. The first-order valence-electron chi connectivity index (χ1n) is 20.1. The van der Waals surface area contributed by atoms with Crippen molar-refractivity contribution in [2.75, 3.05) is 13.2 Å². The highest BCUT2D eigenvalue weighted by molar-refractivity contribution is 6.76. The molecular weight excluding hydrogens is 727 g/mol. The third-order valence-corrected chi connectivity index (χ3v) is 12.9. The summed E-state index contributed by atoms with van der Waals surface area (Å²) in [5.74, 6) is -0.650. The van der Waals surface area contributed by atoms with E-state index in [1.807, 2.05) is 48.7 Å². The molecule has 0 radical (unpaired) electrons. The van der Waals surface area contributed by atoms with Gasteiger partial charge in [0, 0.05) is 57.7 Å². The number of benzene rings is 1. The molecule has 56 heavy (non-hydrogen) atoms. The largest absolute Gasteiger partial charge is 0.483 e. The first-order valence-corrected chi connectivity index (χ1v) is 23.8. The Kier molecular flexibility index (Phi) is 11.5. The van der Waals surface area contributed by atoms with Gasteiger partial charge in [-0.25, -0.2) is 9.97 Å². The van der Waals surface area contributed by atoms with Gasteiger partial charge in [-0.05, 0) is 51.1 Å². The highest BCUT2D eigenvalue weighted by atomic mass is 28.3. The van der Waals surface area contributed by atoms with Crippen LogP contribution in [0.1, 0.15) is 103 Å². The Balaban J connectivity index is 1.13. The predicted octanol–water partition coefficient (Wildman–Crippen LogP) is 5.98. The topological polar surface area (TPSA) is 150 Å². The normalized spacial score (nSPS) is 16.9. The zero-order valence-corrected chi connectivity index (χ0v) is 34.4. The molecule has 3 amide bonds. The number of carbonyl (C=O) groups excluding carboxylic acids is 3. The van der Waals surface area contributed by atoms with Crippen LogP contribution in [-0.2, 0) is 36.0 Å². The number of amides is 3. The molecule has 3 aliphatic rings. The van der Waals surface area contributed by atoms with E-state index in [1.54, 1.807) is 21.9 Å². The molecule has 0 spiro atoms. The number of rotatable bonds is 15. The molecule has 2 saturated carbocycles. The fourth-order valence-corrected chi connectivity index (χ4v) is 8.49. The lowest BCUT2D eigenvalue weighted by Crippen LogP contribution is -2.59. The molecule has 2 aliphatic carbocycles. The molecule has 14 heteroatoms. The molecule has 7 rings (SSSR count). The van der Waals surface area contributed by atoms with Gasteiger partial charge in [-0.15, -0.1) is 0 Å². The van der Waals surface area contributed by atoms with Crippen LogP contribution in [0.2, 0.25) is 25.7 Å². The first kappa shape index (κ1) is 39.4. The number of pyridine rings is 1. The van der Waals surface area contributed by atoms with Crippen LogP contribution in [-0.4, -0.2) is 74.5 Å². The van der Waals surface area contributed by atoms with Gasteiger partial charge < -0.3 is 34.1 Å². The minimum absolute atomic E-state index is 0.00306. The van der Waals surface area contributed by atoms with Gasteiger partial charge >= 0.3 is 0 Å². The predicted molar refractivity (Wildman–Crippen MR) is 216 cm³/mol. The van der Waals surface area contributed by atoms with Crippen LogP contribution in [0.3, 0.4) is 0 Å². The van der Waals surface area contributed by atoms with E-state index >= 15 is 0 Å². The van der Waals surface area contributed by atoms with Crippen molar-refractivity contribution in [2.24, 2.45) is 0 Å². The Morgan fingerprint density at radius 1 is 1.04 bits per heavy atom. The lowest BCUT2D eigenvalue weighted by Gasteiger charge is -2.37. The third kappa shape index (κ3) is 8.60. The van der Waals surface area contributed by atoms with E-state index in [0.717, 1.165) is 49.4 Å². The van der Waals surface area contributed by atoms with Crippen LogP contribution in [0.15, 0.2) is 53.6 Å². The highest BCUT2D eigenvalue weighted by Crippen LogP contribution is 2.39. The number of hydrogen-bond donors (Lipinski definition) is 2. The Morgan fingerprint density at radius 3 is 2.48 bits per heavy atom. The molecule has 4 heterocycles. The minimum atomic E-state index is -1.29. The first-order chi connectivity index (χ1) is 26.8. The number of hydrogen-bond acceptors (Lipinski definition) is 8. The SMILES string of the molecule is CC(C)N1CCn2c(CNC(=O)C3(NC(=O)c4cn(COCC[Si](C)(C)C)c5ncc(C6CC6)nc45)CCCCC3)cc(=O)c(OCc3ccccc3)c2C1=O. The maximum atomic E-state index is 14.4. The molecule has 1 aromatic carbocycles. The van der Waals surface area contributed by atoms with Crippen molar-refractivity contribution in [1.82, 2.24) is 34.6 Å². The van der Waals surface area contributed by atoms with Gasteiger partial charge in [0.1, 0.15) is 24.4 Å². The van der Waals surface area contributed by atoms with Crippen LogP contribution >= 0.6 is 0 Å². The molecule has 2 N–H and O–H groups in total.